The van der Waals surface area contributed by atoms with Crippen LogP contribution in [0.5, 0.6) is 0 Å². The molecule has 0 bridgehead atoms. The molecule has 4 nitrogen and oxygen atoms in total. The van der Waals surface area contributed by atoms with Crippen LogP contribution >= 0.6 is 0 Å². The van der Waals surface area contributed by atoms with E-state index in [-0.39, 0.29) is 6.04 Å². The second-order valence-electron chi connectivity index (χ2n) is 6.13. The lowest BCUT2D eigenvalue weighted by Gasteiger charge is -2.19. The van der Waals surface area contributed by atoms with Gasteiger partial charge in [0.25, 0.3) is 0 Å². The van der Waals surface area contributed by atoms with Crippen LogP contribution in [0, 0.1) is 18.8 Å². The van der Waals surface area contributed by atoms with Crippen molar-refractivity contribution < 1.29 is 8.42 Å². The van der Waals surface area contributed by atoms with E-state index in [4.69, 9.17) is 5.73 Å². The molecule has 110 valence electrons. The number of sulfonamides is 1. The summed E-state index contributed by atoms with van der Waals surface area (Å²) in [6.45, 7) is 2.19. The molecule has 2 aliphatic rings. The summed E-state index contributed by atoms with van der Waals surface area (Å²) in [7, 11) is -3.44. The van der Waals surface area contributed by atoms with Gasteiger partial charge in [-0.05, 0) is 61.6 Å². The molecule has 0 aromatic heterocycles. The van der Waals surface area contributed by atoms with Crippen LogP contribution in [0.3, 0.4) is 0 Å². The van der Waals surface area contributed by atoms with E-state index < -0.39 is 10.0 Å². The summed E-state index contributed by atoms with van der Waals surface area (Å²) in [4.78, 5) is 0.381. The maximum atomic E-state index is 12.6. The second-order valence-corrected chi connectivity index (χ2v) is 7.81. The molecule has 0 amide bonds. The average molecular weight is 294 g/mol. The molecule has 1 aromatic rings. The molecule has 0 radical (unpaired) electrons. The molecule has 3 rings (SSSR count). The van der Waals surface area contributed by atoms with Gasteiger partial charge in [0.2, 0.25) is 10.0 Å². The summed E-state index contributed by atoms with van der Waals surface area (Å²) >= 11 is 0. The van der Waals surface area contributed by atoms with Crippen LogP contribution in [0.25, 0.3) is 0 Å². The zero-order chi connectivity index (χ0) is 14.3. The van der Waals surface area contributed by atoms with Gasteiger partial charge >= 0.3 is 0 Å². The number of rotatable bonds is 6. The fourth-order valence-electron chi connectivity index (χ4n) is 2.79. The standard InChI is InChI=1S/C15H22N2O2S/c1-10-2-3-11(9-16)8-14(10)20(18,19)17-15(12-4-5-12)13-6-7-13/h2-3,8,12-13,15,17H,4-7,9,16H2,1H3. The molecule has 0 spiro atoms. The molecular weight excluding hydrogens is 272 g/mol. The summed E-state index contributed by atoms with van der Waals surface area (Å²) in [5, 5.41) is 0. The van der Waals surface area contributed by atoms with Crippen molar-refractivity contribution in [2.75, 3.05) is 0 Å². The Hall–Kier alpha value is -0.910. The van der Waals surface area contributed by atoms with Crippen molar-refractivity contribution in [3.63, 3.8) is 0 Å². The molecule has 0 saturated heterocycles. The molecule has 0 atom stereocenters. The third-order valence-electron chi connectivity index (χ3n) is 4.33. The molecule has 0 unspecified atom stereocenters. The van der Waals surface area contributed by atoms with Gasteiger partial charge in [0.15, 0.2) is 0 Å². The highest BCUT2D eigenvalue weighted by Gasteiger charge is 2.43. The van der Waals surface area contributed by atoms with Crippen molar-refractivity contribution in [2.24, 2.45) is 17.6 Å². The number of benzene rings is 1. The number of hydrogen-bond donors (Lipinski definition) is 2. The molecule has 5 heteroatoms. The number of aryl methyl sites for hydroxylation is 1. The lowest BCUT2D eigenvalue weighted by Crippen LogP contribution is -2.38. The van der Waals surface area contributed by atoms with Crippen molar-refractivity contribution in [2.45, 2.75) is 50.1 Å². The van der Waals surface area contributed by atoms with E-state index in [0.29, 0.717) is 23.3 Å². The number of hydrogen-bond acceptors (Lipinski definition) is 3. The minimum atomic E-state index is -3.44. The van der Waals surface area contributed by atoms with Crippen LogP contribution in [0.15, 0.2) is 23.1 Å². The van der Waals surface area contributed by atoms with Crippen LogP contribution in [0.4, 0.5) is 0 Å². The minimum absolute atomic E-state index is 0.140. The van der Waals surface area contributed by atoms with E-state index in [1.165, 1.54) is 0 Å². The lowest BCUT2D eigenvalue weighted by molar-refractivity contribution is 0.471. The van der Waals surface area contributed by atoms with E-state index in [1.807, 2.05) is 19.1 Å². The van der Waals surface area contributed by atoms with Crippen molar-refractivity contribution in [3.05, 3.63) is 29.3 Å². The second kappa shape index (κ2) is 5.13. The molecule has 2 saturated carbocycles. The minimum Gasteiger partial charge on any atom is -0.326 e. The van der Waals surface area contributed by atoms with E-state index in [9.17, 15) is 8.42 Å². The van der Waals surface area contributed by atoms with Crippen LogP contribution < -0.4 is 10.5 Å². The predicted molar refractivity (Wildman–Crippen MR) is 78.6 cm³/mol. The first-order valence-electron chi connectivity index (χ1n) is 7.33. The van der Waals surface area contributed by atoms with Gasteiger partial charge < -0.3 is 5.73 Å². The molecule has 2 aliphatic carbocycles. The Labute approximate surface area is 120 Å². The molecule has 1 aromatic carbocycles. The van der Waals surface area contributed by atoms with Gasteiger partial charge in [0, 0.05) is 12.6 Å². The molecule has 2 fully saturated rings. The fourth-order valence-corrected chi connectivity index (χ4v) is 4.46. The van der Waals surface area contributed by atoms with E-state index in [1.54, 1.807) is 6.07 Å². The lowest BCUT2D eigenvalue weighted by atomic mass is 10.1. The van der Waals surface area contributed by atoms with Crippen LogP contribution in [0.2, 0.25) is 0 Å². The molecule has 0 heterocycles. The Morgan fingerprint density at radius 2 is 1.85 bits per heavy atom. The van der Waals surface area contributed by atoms with Crippen LogP contribution in [0.1, 0.15) is 36.8 Å². The Morgan fingerprint density at radius 3 is 2.35 bits per heavy atom. The summed E-state index contributed by atoms with van der Waals surface area (Å²) in [5.74, 6) is 1.10. The monoisotopic (exact) mass is 294 g/mol. The first-order chi connectivity index (χ1) is 9.51. The molecule has 20 heavy (non-hydrogen) atoms. The normalized spacial score (nSPS) is 19.6. The smallest absolute Gasteiger partial charge is 0.241 e. The van der Waals surface area contributed by atoms with Gasteiger partial charge in [0.05, 0.1) is 4.90 Å². The van der Waals surface area contributed by atoms with E-state index in [2.05, 4.69) is 4.72 Å². The number of nitrogens with two attached hydrogens (primary N) is 1. The third-order valence-corrected chi connectivity index (χ3v) is 5.93. The van der Waals surface area contributed by atoms with Crippen molar-refractivity contribution in [1.29, 1.82) is 0 Å². The number of nitrogens with one attached hydrogen (secondary N) is 1. The third kappa shape index (κ3) is 2.90. The van der Waals surface area contributed by atoms with Gasteiger partial charge in [-0.25, -0.2) is 13.1 Å². The summed E-state index contributed by atoms with van der Waals surface area (Å²) in [6.07, 6.45) is 4.63. The van der Waals surface area contributed by atoms with E-state index >= 15 is 0 Å². The summed E-state index contributed by atoms with van der Waals surface area (Å²) in [6, 6.07) is 5.56. The zero-order valence-electron chi connectivity index (χ0n) is 11.8. The van der Waals surface area contributed by atoms with Gasteiger partial charge in [-0.15, -0.1) is 0 Å². The zero-order valence-corrected chi connectivity index (χ0v) is 12.6. The molecule has 0 aliphatic heterocycles. The Bertz CT molecular complexity index is 592. The highest BCUT2D eigenvalue weighted by atomic mass is 32.2. The topological polar surface area (TPSA) is 72.2 Å². The fraction of sp³-hybridized carbons (Fsp3) is 0.600. The molecule has 3 N–H and O–H groups in total. The van der Waals surface area contributed by atoms with Crippen molar-refractivity contribution in [3.8, 4) is 0 Å². The van der Waals surface area contributed by atoms with E-state index in [0.717, 1.165) is 36.8 Å². The first-order valence-corrected chi connectivity index (χ1v) is 8.81. The molecular formula is C15H22N2O2S. The SMILES string of the molecule is Cc1ccc(CN)cc1S(=O)(=O)NC(C1CC1)C1CC1. The maximum Gasteiger partial charge on any atom is 0.241 e. The van der Waals surface area contributed by atoms with Gasteiger partial charge in [-0.2, -0.15) is 0 Å². The first kappa shape index (κ1) is 14.0. The summed E-state index contributed by atoms with van der Waals surface area (Å²) < 4.78 is 28.2. The van der Waals surface area contributed by atoms with Crippen molar-refractivity contribution in [1.82, 2.24) is 4.72 Å². The predicted octanol–water partition coefficient (Wildman–Crippen LogP) is 1.92. The highest BCUT2D eigenvalue weighted by molar-refractivity contribution is 7.89. The Morgan fingerprint density at radius 1 is 1.25 bits per heavy atom. The maximum absolute atomic E-state index is 12.6. The van der Waals surface area contributed by atoms with Gasteiger partial charge in [0.1, 0.15) is 0 Å². The van der Waals surface area contributed by atoms with Gasteiger partial charge in [-0.1, -0.05) is 12.1 Å². The van der Waals surface area contributed by atoms with Crippen molar-refractivity contribution >= 4 is 10.0 Å². The largest absolute Gasteiger partial charge is 0.326 e. The quantitative estimate of drug-likeness (QED) is 0.842. The average Bonchev–Trinajstić information content (AvgIpc) is 3.29. The Balaban J connectivity index is 1.86. The van der Waals surface area contributed by atoms with Crippen LogP contribution in [-0.2, 0) is 16.6 Å². The van der Waals surface area contributed by atoms with Crippen LogP contribution in [-0.4, -0.2) is 14.5 Å². The van der Waals surface area contributed by atoms with Gasteiger partial charge in [-0.3, -0.25) is 0 Å². The highest BCUT2D eigenvalue weighted by Crippen LogP contribution is 2.45. The summed E-state index contributed by atoms with van der Waals surface area (Å²) in [5.41, 5.74) is 7.24. The Kier molecular flexibility index (Phi) is 3.60.